The minimum atomic E-state index is -4.88. The molecule has 0 spiro atoms. The van der Waals surface area contributed by atoms with Crippen molar-refractivity contribution < 1.29 is 31.2 Å². The first kappa shape index (κ1) is 33.9. The highest BCUT2D eigenvalue weighted by atomic mass is 35.5. The van der Waals surface area contributed by atoms with E-state index in [4.69, 9.17) is 11.6 Å². The standard InChI is InChI=1S/C31H35ClF3N3O4S/c1-6-22(4)36-30(40)23(5)37(18-24-11-7-20(2)8-12-24)29(39)19-38(43(41,42)26-14-9-21(3)10-15-26)25-13-16-28(32)27(17-25)31(33,34)35/h7-17,22-23H,6,18-19H2,1-5H3,(H,36,40)/t22-,23+/m1/s1. The number of carbonyl (C=O) groups is 2. The lowest BCUT2D eigenvalue weighted by Gasteiger charge is -2.32. The van der Waals surface area contributed by atoms with Gasteiger partial charge in [-0.3, -0.25) is 13.9 Å². The Morgan fingerprint density at radius 2 is 1.49 bits per heavy atom. The normalized spacial score (nSPS) is 13.2. The van der Waals surface area contributed by atoms with Gasteiger partial charge in [-0.2, -0.15) is 13.2 Å². The largest absolute Gasteiger partial charge is 0.417 e. The lowest BCUT2D eigenvalue weighted by Crippen LogP contribution is -2.52. The van der Waals surface area contributed by atoms with Gasteiger partial charge in [0.2, 0.25) is 11.8 Å². The Bertz CT molecular complexity index is 1550. The molecule has 0 unspecified atom stereocenters. The van der Waals surface area contributed by atoms with Gasteiger partial charge in [-0.1, -0.05) is 66.0 Å². The van der Waals surface area contributed by atoms with Crippen molar-refractivity contribution in [2.75, 3.05) is 10.8 Å². The smallest absolute Gasteiger partial charge is 0.352 e. The molecular formula is C31H35ClF3N3O4S. The lowest BCUT2D eigenvalue weighted by atomic mass is 10.1. The third kappa shape index (κ3) is 8.51. The molecule has 43 heavy (non-hydrogen) atoms. The minimum absolute atomic E-state index is 0.0406. The van der Waals surface area contributed by atoms with Crippen LogP contribution < -0.4 is 9.62 Å². The van der Waals surface area contributed by atoms with Crippen LogP contribution >= 0.6 is 11.6 Å². The molecule has 7 nitrogen and oxygen atoms in total. The maximum absolute atomic E-state index is 14.0. The van der Waals surface area contributed by atoms with Gasteiger partial charge in [0.25, 0.3) is 10.0 Å². The van der Waals surface area contributed by atoms with Crippen LogP contribution in [0, 0.1) is 13.8 Å². The summed E-state index contributed by atoms with van der Waals surface area (Å²) in [5.74, 6) is -1.24. The van der Waals surface area contributed by atoms with Crippen molar-refractivity contribution in [2.24, 2.45) is 0 Å². The van der Waals surface area contributed by atoms with Gasteiger partial charge in [0.05, 0.1) is 21.2 Å². The van der Waals surface area contributed by atoms with E-state index >= 15 is 0 Å². The Morgan fingerprint density at radius 1 is 0.930 bits per heavy atom. The Labute approximate surface area is 255 Å². The molecule has 2 amide bonds. The number of amides is 2. The molecule has 0 heterocycles. The molecule has 0 saturated carbocycles. The second-order valence-corrected chi connectivity index (χ2v) is 12.8. The Balaban J connectivity index is 2.11. The molecule has 1 N–H and O–H groups in total. The molecule has 0 radical (unpaired) electrons. The van der Waals surface area contributed by atoms with E-state index in [9.17, 15) is 31.2 Å². The van der Waals surface area contributed by atoms with E-state index in [1.54, 1.807) is 31.2 Å². The van der Waals surface area contributed by atoms with Crippen molar-refractivity contribution in [3.8, 4) is 0 Å². The average molecular weight is 638 g/mol. The topological polar surface area (TPSA) is 86.8 Å². The second-order valence-electron chi connectivity index (χ2n) is 10.5. The van der Waals surface area contributed by atoms with E-state index in [-0.39, 0.29) is 17.5 Å². The third-order valence-electron chi connectivity index (χ3n) is 7.07. The molecule has 0 aliphatic heterocycles. The van der Waals surface area contributed by atoms with Crippen LogP contribution in [0.15, 0.2) is 71.6 Å². The molecule has 0 aromatic heterocycles. The summed E-state index contributed by atoms with van der Waals surface area (Å²) in [4.78, 5) is 28.1. The third-order valence-corrected chi connectivity index (χ3v) is 9.19. The van der Waals surface area contributed by atoms with Crippen LogP contribution in [0.1, 0.15) is 49.4 Å². The maximum atomic E-state index is 14.0. The van der Waals surface area contributed by atoms with Crippen molar-refractivity contribution >= 4 is 39.1 Å². The average Bonchev–Trinajstić information content (AvgIpc) is 2.95. The van der Waals surface area contributed by atoms with Gasteiger partial charge in [-0.05, 0) is 70.0 Å². The fourth-order valence-corrected chi connectivity index (χ4v) is 5.82. The van der Waals surface area contributed by atoms with Gasteiger partial charge in [0.1, 0.15) is 12.6 Å². The number of rotatable bonds is 11. The van der Waals surface area contributed by atoms with Gasteiger partial charge in [0, 0.05) is 12.6 Å². The molecule has 12 heteroatoms. The van der Waals surface area contributed by atoms with Crippen LogP contribution in [-0.2, 0) is 32.3 Å². The molecule has 0 aliphatic rings. The molecular weight excluding hydrogens is 603 g/mol. The zero-order chi connectivity index (χ0) is 32.1. The Kier molecular flexibility index (Phi) is 10.9. The molecule has 3 rings (SSSR count). The van der Waals surface area contributed by atoms with E-state index in [0.29, 0.717) is 22.4 Å². The summed E-state index contributed by atoms with van der Waals surface area (Å²) in [6.45, 7) is 7.95. The van der Waals surface area contributed by atoms with E-state index in [2.05, 4.69) is 5.32 Å². The minimum Gasteiger partial charge on any atom is -0.352 e. The zero-order valence-corrected chi connectivity index (χ0v) is 26.1. The van der Waals surface area contributed by atoms with Crippen LogP contribution in [-0.4, -0.2) is 43.8 Å². The number of carbonyl (C=O) groups excluding carboxylic acids is 2. The number of hydrogen-bond acceptors (Lipinski definition) is 4. The van der Waals surface area contributed by atoms with E-state index in [0.717, 1.165) is 23.3 Å². The SMILES string of the molecule is CC[C@@H](C)NC(=O)[C@H](C)N(Cc1ccc(C)cc1)C(=O)CN(c1ccc(Cl)c(C(F)(F)F)c1)S(=O)(=O)c1ccc(C)cc1. The van der Waals surface area contributed by atoms with Crippen molar-refractivity contribution in [3.63, 3.8) is 0 Å². The zero-order valence-electron chi connectivity index (χ0n) is 24.6. The van der Waals surface area contributed by atoms with Crippen LogP contribution in [0.5, 0.6) is 0 Å². The van der Waals surface area contributed by atoms with Crippen LogP contribution in [0.25, 0.3) is 0 Å². The fourth-order valence-electron chi connectivity index (χ4n) is 4.19. The number of alkyl halides is 3. The van der Waals surface area contributed by atoms with Crippen molar-refractivity contribution in [1.29, 1.82) is 0 Å². The molecule has 3 aromatic rings. The summed E-state index contributed by atoms with van der Waals surface area (Å²) in [5, 5.41) is 2.21. The number of halogens is 4. The van der Waals surface area contributed by atoms with Crippen LogP contribution in [0.4, 0.5) is 18.9 Å². The summed E-state index contributed by atoms with van der Waals surface area (Å²) in [5.41, 5.74) is 0.764. The van der Waals surface area contributed by atoms with Gasteiger partial charge >= 0.3 is 6.18 Å². The first-order chi connectivity index (χ1) is 20.0. The quantitative estimate of drug-likeness (QED) is 0.260. The molecule has 0 bridgehead atoms. The van der Waals surface area contributed by atoms with Gasteiger partial charge in [0.15, 0.2) is 0 Å². The molecule has 232 valence electrons. The van der Waals surface area contributed by atoms with E-state index in [1.165, 1.54) is 24.0 Å². The fraction of sp³-hybridized carbons (Fsp3) is 0.355. The van der Waals surface area contributed by atoms with E-state index < -0.39 is 56.9 Å². The number of anilines is 1. The predicted molar refractivity (Wildman–Crippen MR) is 161 cm³/mol. The molecule has 2 atom stereocenters. The summed E-state index contributed by atoms with van der Waals surface area (Å²) in [6.07, 6.45) is -4.23. The number of nitrogens with one attached hydrogen (secondary N) is 1. The number of sulfonamides is 1. The summed E-state index contributed by atoms with van der Waals surface area (Å²) in [6, 6.07) is 14.4. The summed E-state index contributed by atoms with van der Waals surface area (Å²) in [7, 11) is -4.55. The summed E-state index contributed by atoms with van der Waals surface area (Å²) < 4.78 is 69.7. The Morgan fingerprint density at radius 3 is 2.02 bits per heavy atom. The number of nitrogens with zero attached hydrogens (tertiary/aromatic N) is 2. The predicted octanol–water partition coefficient (Wildman–Crippen LogP) is 6.50. The van der Waals surface area contributed by atoms with Crippen molar-refractivity contribution in [1.82, 2.24) is 10.2 Å². The monoisotopic (exact) mass is 637 g/mol. The number of aryl methyl sites for hydroxylation is 2. The second kappa shape index (κ2) is 13.8. The summed E-state index contributed by atoms with van der Waals surface area (Å²) >= 11 is 5.81. The lowest BCUT2D eigenvalue weighted by molar-refractivity contribution is -0.139. The van der Waals surface area contributed by atoms with Crippen LogP contribution in [0.2, 0.25) is 5.02 Å². The first-order valence-corrected chi connectivity index (χ1v) is 15.5. The van der Waals surface area contributed by atoms with Gasteiger partial charge in [-0.25, -0.2) is 8.42 Å². The molecule has 3 aromatic carbocycles. The highest BCUT2D eigenvalue weighted by molar-refractivity contribution is 7.92. The van der Waals surface area contributed by atoms with Crippen molar-refractivity contribution in [2.45, 2.75) is 70.7 Å². The number of hydrogen-bond donors (Lipinski definition) is 1. The molecule has 0 saturated heterocycles. The molecule has 0 aliphatic carbocycles. The van der Waals surface area contributed by atoms with Crippen molar-refractivity contribution in [3.05, 3.63) is 94.0 Å². The number of benzene rings is 3. The van der Waals surface area contributed by atoms with E-state index in [1.807, 2.05) is 32.9 Å². The first-order valence-electron chi connectivity index (χ1n) is 13.7. The maximum Gasteiger partial charge on any atom is 0.417 e. The molecule has 0 fully saturated rings. The van der Waals surface area contributed by atoms with Gasteiger partial charge < -0.3 is 10.2 Å². The van der Waals surface area contributed by atoms with Crippen LogP contribution in [0.3, 0.4) is 0 Å². The highest BCUT2D eigenvalue weighted by Gasteiger charge is 2.37. The highest BCUT2D eigenvalue weighted by Crippen LogP contribution is 2.38. The van der Waals surface area contributed by atoms with Gasteiger partial charge in [-0.15, -0.1) is 0 Å². The Hall–Kier alpha value is -3.57.